The molecule has 0 saturated carbocycles. The molecule has 2 rings (SSSR count). The zero-order valence-electron chi connectivity index (χ0n) is 9.08. The largest absolute Gasteiger partial charge is 0.464 e. The highest BCUT2D eigenvalue weighted by Gasteiger charge is 2.29. The molecule has 7 nitrogen and oxygen atoms in total. The number of aromatic nitrogens is 3. The second kappa shape index (κ2) is 4.48. The molecule has 1 aromatic heterocycles. The first-order valence-corrected chi connectivity index (χ1v) is 5.28. The van der Waals surface area contributed by atoms with Crippen LogP contribution >= 0.6 is 0 Å². The van der Waals surface area contributed by atoms with Gasteiger partial charge in [-0.1, -0.05) is 6.92 Å². The molecule has 2 heterocycles. The Labute approximate surface area is 93.0 Å². The highest BCUT2D eigenvalue weighted by Crippen LogP contribution is 2.14. The number of rotatable bonds is 2. The van der Waals surface area contributed by atoms with Crippen molar-refractivity contribution in [2.45, 2.75) is 19.4 Å². The first kappa shape index (κ1) is 10.9. The Bertz CT molecular complexity index is 353. The van der Waals surface area contributed by atoms with Crippen molar-refractivity contribution in [2.24, 2.45) is 5.92 Å². The van der Waals surface area contributed by atoms with E-state index in [-0.39, 0.29) is 6.04 Å². The van der Waals surface area contributed by atoms with Gasteiger partial charge in [0.25, 0.3) is 0 Å². The maximum atomic E-state index is 11.2. The molecule has 0 spiro atoms. The van der Waals surface area contributed by atoms with E-state index < -0.39 is 6.09 Å². The summed E-state index contributed by atoms with van der Waals surface area (Å²) in [5.74, 6) is 0.462. The van der Waals surface area contributed by atoms with E-state index in [9.17, 15) is 9.90 Å². The van der Waals surface area contributed by atoms with Crippen LogP contribution in [0.15, 0.2) is 12.4 Å². The first-order chi connectivity index (χ1) is 7.68. The zero-order chi connectivity index (χ0) is 11.5. The lowest BCUT2D eigenvalue weighted by Gasteiger charge is -2.34. The molecule has 1 saturated heterocycles. The van der Waals surface area contributed by atoms with Crippen LogP contribution in [0.1, 0.15) is 13.3 Å². The van der Waals surface area contributed by atoms with Crippen LogP contribution in [-0.4, -0.2) is 45.4 Å². The minimum atomic E-state index is -1.01. The van der Waals surface area contributed by atoms with Gasteiger partial charge in [-0.15, -0.1) is 5.10 Å². The average molecular weight is 225 g/mol. The molecule has 0 bridgehead atoms. The van der Waals surface area contributed by atoms with Crippen molar-refractivity contribution in [3.8, 4) is 0 Å². The number of hydrogen-bond donors (Lipinski definition) is 2. The second-order valence-electron chi connectivity index (χ2n) is 4.10. The summed E-state index contributed by atoms with van der Waals surface area (Å²) in [6.45, 7) is 3.68. The van der Waals surface area contributed by atoms with E-state index in [0.717, 1.165) is 13.0 Å². The minimum absolute atomic E-state index is 0.0945. The van der Waals surface area contributed by atoms with Crippen LogP contribution < -0.4 is 10.3 Å². The fraction of sp³-hybridized carbons (Fsp3) is 0.667. The van der Waals surface area contributed by atoms with Gasteiger partial charge in [-0.2, -0.15) is 9.80 Å². The predicted molar refractivity (Wildman–Crippen MR) is 56.7 cm³/mol. The third-order valence-corrected chi connectivity index (χ3v) is 2.72. The van der Waals surface area contributed by atoms with Crippen LogP contribution in [0.3, 0.4) is 0 Å². The summed E-state index contributed by atoms with van der Waals surface area (Å²) in [4.78, 5) is 12.5. The number of carbonyl (C=O) groups is 1. The number of carboxylic acid groups (broad SMARTS) is 1. The standard InChI is InChI=1S/C9H15N5O2/c1-7-4-8(6-10-5-7)14(9(15)16)13-3-2-11-12-13/h2-3,7-8,10H,4-6H2,1H3,(H,15,16). The third-order valence-electron chi connectivity index (χ3n) is 2.72. The van der Waals surface area contributed by atoms with Gasteiger partial charge in [-0.3, -0.25) is 0 Å². The van der Waals surface area contributed by atoms with Gasteiger partial charge in [0.1, 0.15) is 0 Å². The van der Waals surface area contributed by atoms with Crippen molar-refractivity contribution in [3.05, 3.63) is 12.4 Å². The van der Waals surface area contributed by atoms with Gasteiger partial charge in [0.15, 0.2) is 0 Å². The van der Waals surface area contributed by atoms with Gasteiger partial charge in [0, 0.05) is 6.54 Å². The summed E-state index contributed by atoms with van der Waals surface area (Å²) in [7, 11) is 0. The smallest absolute Gasteiger partial charge is 0.428 e. The Kier molecular flexibility index (Phi) is 3.04. The van der Waals surface area contributed by atoms with Crippen molar-refractivity contribution in [1.29, 1.82) is 0 Å². The van der Waals surface area contributed by atoms with Crippen LogP contribution in [0.5, 0.6) is 0 Å². The molecule has 0 radical (unpaired) electrons. The molecule has 2 unspecified atom stereocenters. The maximum Gasteiger partial charge on any atom is 0.428 e. The second-order valence-corrected chi connectivity index (χ2v) is 4.10. The van der Waals surface area contributed by atoms with Crippen LogP contribution in [0.4, 0.5) is 4.79 Å². The molecule has 2 N–H and O–H groups in total. The lowest BCUT2D eigenvalue weighted by atomic mass is 9.97. The van der Waals surface area contributed by atoms with E-state index in [4.69, 9.17) is 0 Å². The molecule has 2 atom stereocenters. The third kappa shape index (κ3) is 2.13. The van der Waals surface area contributed by atoms with Gasteiger partial charge in [0.05, 0.1) is 18.4 Å². The van der Waals surface area contributed by atoms with Crippen molar-refractivity contribution >= 4 is 6.09 Å². The fourth-order valence-electron chi connectivity index (χ4n) is 2.04. The molecule has 1 aromatic rings. The SMILES string of the molecule is CC1CNCC(N(C(=O)O)n2ccnn2)C1. The Hall–Kier alpha value is -1.63. The molecular formula is C9H15N5O2. The summed E-state index contributed by atoms with van der Waals surface area (Å²) in [6, 6.07) is -0.0945. The summed E-state index contributed by atoms with van der Waals surface area (Å²) in [5.41, 5.74) is 0. The lowest BCUT2D eigenvalue weighted by molar-refractivity contribution is 0.181. The molecular weight excluding hydrogens is 210 g/mol. The Morgan fingerprint density at radius 1 is 1.62 bits per heavy atom. The van der Waals surface area contributed by atoms with Crippen molar-refractivity contribution in [2.75, 3.05) is 18.1 Å². The van der Waals surface area contributed by atoms with Crippen LogP contribution in [0, 0.1) is 5.92 Å². The van der Waals surface area contributed by atoms with E-state index in [2.05, 4.69) is 22.6 Å². The molecule has 1 fully saturated rings. The summed E-state index contributed by atoms with van der Waals surface area (Å²) in [6.07, 6.45) is 2.83. The van der Waals surface area contributed by atoms with Gasteiger partial charge < -0.3 is 10.4 Å². The number of amides is 1. The maximum absolute atomic E-state index is 11.2. The zero-order valence-corrected chi connectivity index (χ0v) is 9.08. The predicted octanol–water partition coefficient (Wildman–Crippen LogP) is -0.108. The van der Waals surface area contributed by atoms with E-state index in [1.807, 2.05) is 0 Å². The quantitative estimate of drug-likeness (QED) is 0.734. The van der Waals surface area contributed by atoms with E-state index >= 15 is 0 Å². The number of nitrogens with zero attached hydrogens (tertiary/aromatic N) is 4. The van der Waals surface area contributed by atoms with Crippen molar-refractivity contribution in [3.63, 3.8) is 0 Å². The number of piperidine rings is 1. The topological polar surface area (TPSA) is 83.3 Å². The lowest BCUT2D eigenvalue weighted by Crippen LogP contribution is -2.55. The molecule has 1 aliphatic rings. The normalized spacial score (nSPS) is 25.3. The monoisotopic (exact) mass is 225 g/mol. The molecule has 1 aliphatic heterocycles. The molecule has 0 aliphatic carbocycles. The van der Waals surface area contributed by atoms with Crippen molar-refractivity contribution < 1.29 is 9.90 Å². The Morgan fingerprint density at radius 2 is 2.44 bits per heavy atom. The van der Waals surface area contributed by atoms with Gasteiger partial charge in [-0.05, 0) is 24.1 Å². The highest BCUT2D eigenvalue weighted by molar-refractivity contribution is 5.76. The number of hydrogen-bond acceptors (Lipinski definition) is 4. The Balaban J connectivity index is 2.16. The summed E-state index contributed by atoms with van der Waals surface area (Å²) >= 11 is 0. The van der Waals surface area contributed by atoms with Gasteiger partial charge in [-0.25, -0.2) is 4.79 Å². The summed E-state index contributed by atoms with van der Waals surface area (Å²) < 4.78 is 0. The fourth-order valence-corrected chi connectivity index (χ4v) is 2.04. The summed E-state index contributed by atoms with van der Waals surface area (Å²) in [5, 5.41) is 21.0. The van der Waals surface area contributed by atoms with Gasteiger partial charge in [0.2, 0.25) is 0 Å². The molecule has 88 valence electrons. The number of nitrogens with one attached hydrogen (secondary N) is 1. The highest BCUT2D eigenvalue weighted by atomic mass is 16.4. The van der Waals surface area contributed by atoms with Crippen LogP contribution in [0.2, 0.25) is 0 Å². The van der Waals surface area contributed by atoms with E-state index in [0.29, 0.717) is 12.5 Å². The van der Waals surface area contributed by atoms with E-state index in [1.54, 1.807) is 0 Å². The Morgan fingerprint density at radius 3 is 3.00 bits per heavy atom. The van der Waals surface area contributed by atoms with Gasteiger partial charge >= 0.3 is 6.09 Å². The van der Waals surface area contributed by atoms with E-state index in [1.165, 1.54) is 22.2 Å². The minimum Gasteiger partial charge on any atom is -0.464 e. The molecule has 1 amide bonds. The van der Waals surface area contributed by atoms with Crippen LogP contribution in [-0.2, 0) is 0 Å². The molecule has 7 heteroatoms. The average Bonchev–Trinajstić information content (AvgIpc) is 2.71. The molecule has 0 aromatic carbocycles. The van der Waals surface area contributed by atoms with Crippen molar-refractivity contribution in [1.82, 2.24) is 20.4 Å². The molecule has 16 heavy (non-hydrogen) atoms. The first-order valence-electron chi connectivity index (χ1n) is 5.28. The van der Waals surface area contributed by atoms with Crippen LogP contribution in [0.25, 0.3) is 0 Å².